The zero-order chi connectivity index (χ0) is 12.0. The van der Waals surface area contributed by atoms with Gasteiger partial charge in [-0.05, 0) is 32.1 Å². The number of nitrogens with one attached hydrogen (secondary N) is 1. The molecule has 0 unspecified atom stereocenters. The summed E-state index contributed by atoms with van der Waals surface area (Å²) in [4.78, 5) is 0.263. The van der Waals surface area contributed by atoms with Crippen LogP contribution in [0, 0.1) is 0 Å². The Morgan fingerprint density at radius 3 is 2.31 bits per heavy atom. The molecule has 0 aromatic heterocycles. The van der Waals surface area contributed by atoms with Crippen LogP contribution in [-0.4, -0.2) is 8.42 Å². The lowest BCUT2D eigenvalue weighted by atomic mass is 10.3. The highest BCUT2D eigenvalue weighted by molar-refractivity contribution is 7.96. The van der Waals surface area contributed by atoms with Crippen molar-refractivity contribution < 1.29 is 8.42 Å². The van der Waals surface area contributed by atoms with Crippen molar-refractivity contribution in [3.8, 4) is 0 Å². The summed E-state index contributed by atoms with van der Waals surface area (Å²) in [5, 5.41) is 0. The van der Waals surface area contributed by atoms with E-state index in [1.807, 2.05) is 6.07 Å². The molecule has 0 radical (unpaired) electrons. The molecule has 0 aliphatic carbocycles. The van der Waals surface area contributed by atoms with E-state index >= 15 is 0 Å². The first kappa shape index (κ1) is 12.5. The Kier molecular flexibility index (Phi) is 4.31. The number of anilines is 1. The van der Waals surface area contributed by atoms with Gasteiger partial charge in [0.1, 0.15) is 0 Å². The Bertz CT molecular complexity index is 487. The standard InChI is InChI=1S/C12H15NO2S/c1-3-8-12(4-2)16(14,15)13-11-9-6-5-7-10-11/h3-10,13H,1-2H3/b8-3-,12-4+. The van der Waals surface area contributed by atoms with Crippen molar-refractivity contribution in [2.75, 3.05) is 4.72 Å². The van der Waals surface area contributed by atoms with Crippen LogP contribution in [0.2, 0.25) is 0 Å². The maximum absolute atomic E-state index is 11.9. The van der Waals surface area contributed by atoms with Crippen LogP contribution < -0.4 is 4.72 Å². The van der Waals surface area contributed by atoms with Crippen LogP contribution in [-0.2, 0) is 10.0 Å². The number of allylic oxidation sites excluding steroid dienone is 3. The van der Waals surface area contributed by atoms with Gasteiger partial charge in [0.25, 0.3) is 10.0 Å². The van der Waals surface area contributed by atoms with Gasteiger partial charge in [-0.25, -0.2) is 8.42 Å². The quantitative estimate of drug-likeness (QED) is 0.818. The average molecular weight is 237 g/mol. The second-order valence-electron chi connectivity index (χ2n) is 3.16. The van der Waals surface area contributed by atoms with Crippen molar-refractivity contribution in [1.29, 1.82) is 0 Å². The van der Waals surface area contributed by atoms with E-state index in [0.717, 1.165) is 0 Å². The molecule has 0 saturated heterocycles. The van der Waals surface area contributed by atoms with Crippen LogP contribution in [0.5, 0.6) is 0 Å². The summed E-state index contributed by atoms with van der Waals surface area (Å²) in [5.41, 5.74) is 0.561. The largest absolute Gasteiger partial charge is 0.280 e. The Balaban J connectivity index is 2.96. The molecule has 16 heavy (non-hydrogen) atoms. The van der Waals surface area contributed by atoms with Gasteiger partial charge < -0.3 is 0 Å². The zero-order valence-electron chi connectivity index (χ0n) is 9.34. The fraction of sp³-hybridized carbons (Fsp3) is 0.167. The predicted molar refractivity (Wildman–Crippen MR) is 67.6 cm³/mol. The van der Waals surface area contributed by atoms with Crippen molar-refractivity contribution in [3.05, 3.63) is 53.5 Å². The summed E-state index contributed by atoms with van der Waals surface area (Å²) in [6.45, 7) is 3.47. The molecule has 0 saturated carbocycles. The minimum absolute atomic E-state index is 0.263. The molecular formula is C12H15NO2S. The molecular weight excluding hydrogens is 222 g/mol. The van der Waals surface area contributed by atoms with Gasteiger partial charge in [-0.1, -0.05) is 30.4 Å². The van der Waals surface area contributed by atoms with E-state index in [1.165, 1.54) is 0 Å². The lowest BCUT2D eigenvalue weighted by molar-refractivity contribution is 0.607. The molecule has 0 atom stereocenters. The molecule has 86 valence electrons. The van der Waals surface area contributed by atoms with Gasteiger partial charge in [0.15, 0.2) is 0 Å². The van der Waals surface area contributed by atoms with Crippen molar-refractivity contribution >= 4 is 15.7 Å². The summed E-state index contributed by atoms with van der Waals surface area (Å²) < 4.78 is 26.3. The lowest BCUT2D eigenvalue weighted by Crippen LogP contribution is -2.13. The van der Waals surface area contributed by atoms with Crippen molar-refractivity contribution in [1.82, 2.24) is 0 Å². The third kappa shape index (κ3) is 3.24. The van der Waals surface area contributed by atoms with E-state index in [9.17, 15) is 8.42 Å². The first-order valence-electron chi connectivity index (χ1n) is 4.97. The molecule has 0 heterocycles. The number of benzene rings is 1. The van der Waals surface area contributed by atoms with E-state index in [2.05, 4.69) is 4.72 Å². The minimum atomic E-state index is -3.46. The number of hydrogen-bond acceptors (Lipinski definition) is 2. The molecule has 0 bridgehead atoms. The molecule has 3 nitrogen and oxygen atoms in total. The highest BCUT2D eigenvalue weighted by atomic mass is 32.2. The molecule has 0 fully saturated rings. The number of hydrogen-bond donors (Lipinski definition) is 1. The van der Waals surface area contributed by atoms with Gasteiger partial charge in [-0.15, -0.1) is 0 Å². The van der Waals surface area contributed by atoms with Gasteiger partial charge in [0, 0.05) is 5.69 Å². The topological polar surface area (TPSA) is 46.2 Å². The lowest BCUT2D eigenvalue weighted by Gasteiger charge is -2.07. The zero-order valence-corrected chi connectivity index (χ0v) is 10.2. The van der Waals surface area contributed by atoms with Crippen LogP contribution in [0.3, 0.4) is 0 Å². The second kappa shape index (κ2) is 5.51. The Labute approximate surface area is 96.6 Å². The molecule has 0 aliphatic heterocycles. The smallest absolute Gasteiger partial charge is 0.261 e. The first-order valence-corrected chi connectivity index (χ1v) is 6.45. The summed E-state index contributed by atoms with van der Waals surface area (Å²) in [5.74, 6) is 0. The number of sulfonamides is 1. The van der Waals surface area contributed by atoms with Crippen LogP contribution >= 0.6 is 0 Å². The number of para-hydroxylation sites is 1. The molecule has 0 aliphatic rings. The van der Waals surface area contributed by atoms with Crippen molar-refractivity contribution in [3.63, 3.8) is 0 Å². The van der Waals surface area contributed by atoms with Crippen molar-refractivity contribution in [2.45, 2.75) is 13.8 Å². The van der Waals surface area contributed by atoms with E-state index in [0.29, 0.717) is 5.69 Å². The van der Waals surface area contributed by atoms with E-state index in [-0.39, 0.29) is 4.91 Å². The monoisotopic (exact) mass is 237 g/mol. The van der Waals surface area contributed by atoms with Crippen LogP contribution in [0.15, 0.2) is 53.5 Å². The second-order valence-corrected chi connectivity index (χ2v) is 4.84. The van der Waals surface area contributed by atoms with Gasteiger partial charge >= 0.3 is 0 Å². The summed E-state index contributed by atoms with van der Waals surface area (Å²) in [6, 6.07) is 8.81. The molecule has 0 spiro atoms. The van der Waals surface area contributed by atoms with Gasteiger partial charge in [-0.2, -0.15) is 0 Å². The Hall–Kier alpha value is -1.55. The summed E-state index contributed by atoms with van der Waals surface area (Å²) in [6.07, 6.45) is 4.82. The molecule has 4 heteroatoms. The summed E-state index contributed by atoms with van der Waals surface area (Å²) >= 11 is 0. The fourth-order valence-corrected chi connectivity index (χ4v) is 2.42. The highest BCUT2D eigenvalue weighted by Gasteiger charge is 2.13. The molecule has 1 rings (SSSR count). The third-order valence-electron chi connectivity index (χ3n) is 1.95. The van der Waals surface area contributed by atoms with Gasteiger partial charge in [0.05, 0.1) is 4.91 Å². The van der Waals surface area contributed by atoms with Crippen LogP contribution in [0.1, 0.15) is 13.8 Å². The molecule has 1 aromatic rings. The Morgan fingerprint density at radius 1 is 1.19 bits per heavy atom. The van der Waals surface area contributed by atoms with Crippen molar-refractivity contribution in [2.24, 2.45) is 0 Å². The molecule has 1 N–H and O–H groups in total. The van der Waals surface area contributed by atoms with Crippen LogP contribution in [0.25, 0.3) is 0 Å². The van der Waals surface area contributed by atoms with E-state index in [1.54, 1.807) is 56.3 Å². The number of rotatable bonds is 4. The molecule has 0 amide bonds. The predicted octanol–water partition coefficient (Wildman–Crippen LogP) is 2.91. The Morgan fingerprint density at radius 2 is 1.81 bits per heavy atom. The third-order valence-corrected chi connectivity index (χ3v) is 3.45. The van der Waals surface area contributed by atoms with Crippen LogP contribution in [0.4, 0.5) is 5.69 Å². The maximum atomic E-state index is 11.9. The first-order chi connectivity index (χ1) is 7.60. The summed E-state index contributed by atoms with van der Waals surface area (Å²) in [7, 11) is -3.46. The SMILES string of the molecule is C/C=C\C(=C/C)S(=O)(=O)Nc1ccccc1. The van der Waals surface area contributed by atoms with E-state index in [4.69, 9.17) is 0 Å². The normalized spacial score (nSPS) is 13.0. The average Bonchev–Trinajstić information content (AvgIpc) is 2.26. The molecule has 1 aromatic carbocycles. The van der Waals surface area contributed by atoms with Gasteiger partial charge in [0.2, 0.25) is 0 Å². The van der Waals surface area contributed by atoms with E-state index < -0.39 is 10.0 Å². The maximum Gasteiger partial charge on any atom is 0.261 e. The highest BCUT2D eigenvalue weighted by Crippen LogP contribution is 2.14. The van der Waals surface area contributed by atoms with Gasteiger partial charge in [-0.3, -0.25) is 4.72 Å². The minimum Gasteiger partial charge on any atom is -0.280 e. The fourth-order valence-electron chi connectivity index (χ4n) is 1.23.